The van der Waals surface area contributed by atoms with Crippen LogP contribution in [0.3, 0.4) is 0 Å². The van der Waals surface area contributed by atoms with E-state index >= 15 is 0 Å². The lowest BCUT2D eigenvalue weighted by Crippen LogP contribution is -2.44. The minimum atomic E-state index is -0.806. The van der Waals surface area contributed by atoms with E-state index in [0.29, 0.717) is 25.4 Å². The number of carboxylic acid groups (broad SMARTS) is 1. The molecule has 2 aliphatic carbocycles. The SMILES string of the molecule is C=CCN(C(=O)NCC1(C(=O)O)CC1)C1CC1. The number of carboxylic acids is 1. The number of nitrogens with one attached hydrogen (secondary N) is 1. The number of aliphatic carboxylic acids is 1. The molecule has 0 heterocycles. The summed E-state index contributed by atoms with van der Waals surface area (Å²) in [5.74, 6) is -0.806. The normalized spacial score (nSPS) is 20.5. The van der Waals surface area contributed by atoms with Crippen molar-refractivity contribution in [2.75, 3.05) is 13.1 Å². The lowest BCUT2D eigenvalue weighted by Gasteiger charge is -2.22. The highest BCUT2D eigenvalue weighted by Gasteiger charge is 2.50. The van der Waals surface area contributed by atoms with E-state index in [-0.39, 0.29) is 12.6 Å². The van der Waals surface area contributed by atoms with Crippen molar-refractivity contribution in [1.82, 2.24) is 10.2 Å². The van der Waals surface area contributed by atoms with Gasteiger partial charge in [0.1, 0.15) is 0 Å². The lowest BCUT2D eigenvalue weighted by molar-refractivity contribution is -0.143. The van der Waals surface area contributed by atoms with Crippen LogP contribution in [0.1, 0.15) is 25.7 Å². The molecule has 0 aromatic rings. The molecular formula is C12H18N2O3. The van der Waals surface area contributed by atoms with Crippen molar-refractivity contribution < 1.29 is 14.7 Å². The topological polar surface area (TPSA) is 69.6 Å². The second kappa shape index (κ2) is 4.39. The summed E-state index contributed by atoms with van der Waals surface area (Å²) in [6.45, 7) is 4.39. The van der Waals surface area contributed by atoms with Gasteiger partial charge in [0.2, 0.25) is 0 Å². The van der Waals surface area contributed by atoms with E-state index in [1.54, 1.807) is 11.0 Å². The standard InChI is InChI=1S/C12H18N2O3/c1-2-7-14(9-3-4-9)11(17)13-8-12(5-6-12)10(15)16/h2,9H,1,3-8H2,(H,13,17)(H,15,16). The Labute approximate surface area is 100 Å². The van der Waals surface area contributed by atoms with Crippen LogP contribution in [0.15, 0.2) is 12.7 Å². The Balaban J connectivity index is 1.83. The van der Waals surface area contributed by atoms with Crippen LogP contribution in [-0.2, 0) is 4.79 Å². The Morgan fingerprint density at radius 2 is 2.12 bits per heavy atom. The second-order valence-electron chi connectivity index (χ2n) is 4.92. The van der Waals surface area contributed by atoms with Crippen molar-refractivity contribution in [3.05, 3.63) is 12.7 Å². The van der Waals surface area contributed by atoms with Crippen LogP contribution in [0.2, 0.25) is 0 Å². The van der Waals surface area contributed by atoms with Gasteiger partial charge in [0.05, 0.1) is 5.41 Å². The first-order valence-corrected chi connectivity index (χ1v) is 5.98. The first kappa shape index (κ1) is 12.0. The molecule has 0 unspecified atom stereocenters. The zero-order valence-corrected chi connectivity index (χ0v) is 9.82. The molecule has 0 radical (unpaired) electrons. The molecule has 0 atom stereocenters. The summed E-state index contributed by atoms with van der Waals surface area (Å²) in [5, 5.41) is 11.7. The second-order valence-corrected chi connectivity index (χ2v) is 4.92. The van der Waals surface area contributed by atoms with Gasteiger partial charge in [-0.1, -0.05) is 6.08 Å². The lowest BCUT2D eigenvalue weighted by atomic mass is 10.1. The van der Waals surface area contributed by atoms with Gasteiger partial charge in [0.15, 0.2) is 0 Å². The molecule has 5 nitrogen and oxygen atoms in total. The fraction of sp³-hybridized carbons (Fsp3) is 0.667. The summed E-state index contributed by atoms with van der Waals surface area (Å²) in [7, 11) is 0. The van der Waals surface area contributed by atoms with Gasteiger partial charge in [0.25, 0.3) is 0 Å². The molecule has 2 amide bonds. The van der Waals surface area contributed by atoms with Crippen molar-refractivity contribution in [2.45, 2.75) is 31.7 Å². The maximum Gasteiger partial charge on any atom is 0.317 e. The fourth-order valence-electron chi connectivity index (χ4n) is 1.89. The van der Waals surface area contributed by atoms with Crippen LogP contribution < -0.4 is 5.32 Å². The maximum absolute atomic E-state index is 11.9. The predicted octanol–water partition coefficient (Wildman–Crippen LogP) is 1.21. The van der Waals surface area contributed by atoms with Crippen LogP contribution in [0.5, 0.6) is 0 Å². The molecule has 2 N–H and O–H groups in total. The Bertz CT molecular complexity index is 346. The van der Waals surface area contributed by atoms with E-state index in [1.165, 1.54) is 0 Å². The highest BCUT2D eigenvalue weighted by atomic mass is 16.4. The summed E-state index contributed by atoms with van der Waals surface area (Å²) >= 11 is 0. The smallest absolute Gasteiger partial charge is 0.317 e. The van der Waals surface area contributed by atoms with Crippen molar-refractivity contribution in [3.8, 4) is 0 Å². The highest BCUT2D eigenvalue weighted by molar-refractivity contribution is 5.80. The average molecular weight is 238 g/mol. The van der Waals surface area contributed by atoms with E-state index in [4.69, 9.17) is 5.11 Å². The molecule has 17 heavy (non-hydrogen) atoms. The summed E-state index contributed by atoms with van der Waals surface area (Å²) in [6, 6.07) is 0.146. The first-order chi connectivity index (χ1) is 8.09. The van der Waals surface area contributed by atoms with Gasteiger partial charge >= 0.3 is 12.0 Å². The molecule has 0 aromatic carbocycles. The van der Waals surface area contributed by atoms with E-state index in [9.17, 15) is 9.59 Å². The molecule has 0 aliphatic heterocycles. The molecule has 2 fully saturated rings. The van der Waals surface area contributed by atoms with Crippen molar-refractivity contribution >= 4 is 12.0 Å². The van der Waals surface area contributed by atoms with Crippen LogP contribution in [0.4, 0.5) is 4.79 Å². The third-order valence-corrected chi connectivity index (χ3v) is 3.46. The summed E-state index contributed by atoms with van der Waals surface area (Å²) in [4.78, 5) is 24.6. The largest absolute Gasteiger partial charge is 0.481 e. The van der Waals surface area contributed by atoms with Gasteiger partial charge in [-0.25, -0.2) is 4.79 Å². The quantitative estimate of drug-likeness (QED) is 0.683. The Morgan fingerprint density at radius 3 is 2.53 bits per heavy atom. The number of carbonyl (C=O) groups excluding carboxylic acids is 1. The zero-order chi connectivity index (χ0) is 12.5. The minimum absolute atomic E-state index is 0.167. The van der Waals surface area contributed by atoms with Crippen LogP contribution in [-0.4, -0.2) is 41.1 Å². The number of hydrogen-bond acceptors (Lipinski definition) is 2. The molecule has 2 rings (SSSR count). The molecule has 2 saturated carbocycles. The van der Waals surface area contributed by atoms with Gasteiger partial charge in [0, 0.05) is 19.1 Å². The first-order valence-electron chi connectivity index (χ1n) is 5.98. The molecule has 0 bridgehead atoms. The fourth-order valence-corrected chi connectivity index (χ4v) is 1.89. The summed E-state index contributed by atoms with van der Waals surface area (Å²) in [5.41, 5.74) is -0.695. The van der Waals surface area contributed by atoms with E-state index in [2.05, 4.69) is 11.9 Å². The Morgan fingerprint density at radius 1 is 1.47 bits per heavy atom. The van der Waals surface area contributed by atoms with Crippen LogP contribution in [0.25, 0.3) is 0 Å². The third kappa shape index (κ3) is 2.60. The van der Waals surface area contributed by atoms with Gasteiger partial charge in [-0.05, 0) is 25.7 Å². The van der Waals surface area contributed by atoms with E-state index in [0.717, 1.165) is 12.8 Å². The molecule has 5 heteroatoms. The number of amides is 2. The van der Waals surface area contributed by atoms with Gasteiger partial charge in [-0.2, -0.15) is 0 Å². The summed E-state index contributed by atoms with van der Waals surface area (Å²) < 4.78 is 0. The van der Waals surface area contributed by atoms with Crippen molar-refractivity contribution in [1.29, 1.82) is 0 Å². The zero-order valence-electron chi connectivity index (χ0n) is 9.82. The number of rotatable bonds is 6. The maximum atomic E-state index is 11.9. The van der Waals surface area contributed by atoms with Gasteiger partial charge in [-0.15, -0.1) is 6.58 Å². The molecule has 0 spiro atoms. The molecular weight excluding hydrogens is 220 g/mol. The number of hydrogen-bond donors (Lipinski definition) is 2. The number of nitrogens with zero attached hydrogens (tertiary/aromatic N) is 1. The summed E-state index contributed by atoms with van der Waals surface area (Å²) in [6.07, 6.45) is 5.08. The molecule has 94 valence electrons. The Kier molecular flexibility index (Phi) is 3.09. The number of urea groups is 1. The predicted molar refractivity (Wildman–Crippen MR) is 62.6 cm³/mol. The number of carbonyl (C=O) groups is 2. The monoisotopic (exact) mass is 238 g/mol. The van der Waals surface area contributed by atoms with Gasteiger partial charge < -0.3 is 15.3 Å². The van der Waals surface area contributed by atoms with Crippen molar-refractivity contribution in [3.63, 3.8) is 0 Å². The van der Waals surface area contributed by atoms with Crippen molar-refractivity contribution in [2.24, 2.45) is 5.41 Å². The highest BCUT2D eigenvalue weighted by Crippen LogP contribution is 2.45. The molecule has 2 aliphatic rings. The molecule has 0 saturated heterocycles. The minimum Gasteiger partial charge on any atom is -0.481 e. The van der Waals surface area contributed by atoms with Gasteiger partial charge in [-0.3, -0.25) is 4.79 Å². The molecule has 0 aromatic heterocycles. The average Bonchev–Trinajstić information content (AvgIpc) is 3.16. The van der Waals surface area contributed by atoms with E-state index < -0.39 is 11.4 Å². The van der Waals surface area contributed by atoms with E-state index in [1.807, 2.05) is 0 Å². The Hall–Kier alpha value is -1.52. The third-order valence-electron chi connectivity index (χ3n) is 3.46. The van der Waals surface area contributed by atoms with Crippen LogP contribution in [0, 0.1) is 5.41 Å². The van der Waals surface area contributed by atoms with Crippen LogP contribution >= 0.6 is 0 Å².